The molecule has 94 valence electrons. The largest absolute Gasteiger partial charge is 0.397 e. The summed E-state index contributed by atoms with van der Waals surface area (Å²) >= 11 is 1.38. The number of aryl methyl sites for hydroxylation is 1. The van der Waals surface area contributed by atoms with Crippen molar-refractivity contribution >= 4 is 22.9 Å². The molecular weight excluding hydrogens is 244 g/mol. The van der Waals surface area contributed by atoms with Crippen LogP contribution in [0, 0.1) is 0 Å². The number of carbonyl (C=O) groups excluding carboxylic acids is 1. The third kappa shape index (κ3) is 3.34. The average Bonchev–Trinajstić information content (AvgIpc) is 2.82. The highest BCUT2D eigenvalue weighted by Gasteiger charge is 2.09. The van der Waals surface area contributed by atoms with E-state index in [0.29, 0.717) is 17.1 Å². The zero-order valence-electron chi connectivity index (χ0n) is 10.1. The van der Waals surface area contributed by atoms with E-state index < -0.39 is 0 Å². The van der Waals surface area contributed by atoms with Crippen molar-refractivity contribution in [2.75, 3.05) is 12.3 Å². The van der Waals surface area contributed by atoms with Gasteiger partial charge in [0.15, 0.2) is 0 Å². The number of benzene rings is 1. The van der Waals surface area contributed by atoms with Crippen LogP contribution in [0.3, 0.4) is 0 Å². The normalized spacial score (nSPS) is 10.2. The van der Waals surface area contributed by atoms with Crippen LogP contribution < -0.4 is 11.1 Å². The number of rotatable bonds is 5. The summed E-state index contributed by atoms with van der Waals surface area (Å²) in [6.45, 7) is 0.672. The molecule has 3 N–H and O–H groups in total. The van der Waals surface area contributed by atoms with E-state index in [0.717, 1.165) is 12.8 Å². The Hall–Kier alpha value is -1.81. The Morgan fingerprint density at radius 1 is 1.22 bits per heavy atom. The number of nitrogen functional groups attached to an aromatic ring is 1. The van der Waals surface area contributed by atoms with Gasteiger partial charge in [0.25, 0.3) is 5.91 Å². The Labute approximate surface area is 111 Å². The molecule has 1 aromatic heterocycles. The summed E-state index contributed by atoms with van der Waals surface area (Å²) in [5, 5.41) is 4.72. The fourth-order valence-electron chi connectivity index (χ4n) is 1.72. The molecule has 0 aliphatic carbocycles. The van der Waals surface area contributed by atoms with Crippen molar-refractivity contribution in [3.05, 3.63) is 52.2 Å². The van der Waals surface area contributed by atoms with Gasteiger partial charge in [-0.3, -0.25) is 4.79 Å². The monoisotopic (exact) mass is 260 g/mol. The molecule has 3 nitrogen and oxygen atoms in total. The van der Waals surface area contributed by atoms with Crippen LogP contribution in [0.5, 0.6) is 0 Å². The molecule has 2 rings (SSSR count). The maximum atomic E-state index is 11.8. The number of anilines is 1. The molecule has 0 radical (unpaired) electrons. The maximum Gasteiger partial charge on any atom is 0.263 e. The van der Waals surface area contributed by atoms with Crippen molar-refractivity contribution in [1.29, 1.82) is 0 Å². The number of nitrogens with one attached hydrogen (secondary N) is 1. The standard InChI is InChI=1S/C14H16N2OS/c15-12-8-10-18-13(12)14(17)16-9-4-7-11-5-2-1-3-6-11/h1-3,5-6,8,10H,4,7,9,15H2,(H,16,17). The molecule has 2 aromatic rings. The Kier molecular flexibility index (Phi) is 4.36. The third-order valence-corrected chi connectivity index (χ3v) is 3.60. The van der Waals surface area contributed by atoms with E-state index in [4.69, 9.17) is 5.73 Å². The van der Waals surface area contributed by atoms with Gasteiger partial charge in [-0.15, -0.1) is 11.3 Å². The van der Waals surface area contributed by atoms with Crippen LogP contribution in [0.1, 0.15) is 21.7 Å². The highest BCUT2D eigenvalue weighted by molar-refractivity contribution is 7.12. The summed E-state index contributed by atoms with van der Waals surface area (Å²) < 4.78 is 0. The van der Waals surface area contributed by atoms with E-state index in [1.807, 2.05) is 23.6 Å². The summed E-state index contributed by atoms with van der Waals surface area (Å²) in [4.78, 5) is 12.4. The molecule has 0 saturated carbocycles. The van der Waals surface area contributed by atoms with Crippen LogP contribution in [-0.4, -0.2) is 12.5 Å². The molecule has 1 heterocycles. The minimum atomic E-state index is -0.0736. The summed E-state index contributed by atoms with van der Waals surface area (Å²) in [6, 6.07) is 12.0. The molecule has 0 spiro atoms. The Morgan fingerprint density at radius 2 is 2.00 bits per heavy atom. The lowest BCUT2D eigenvalue weighted by atomic mass is 10.1. The number of hydrogen-bond donors (Lipinski definition) is 2. The topological polar surface area (TPSA) is 55.1 Å². The first-order chi connectivity index (χ1) is 8.77. The minimum absolute atomic E-state index is 0.0736. The molecular formula is C14H16N2OS. The minimum Gasteiger partial charge on any atom is -0.397 e. The number of amides is 1. The lowest BCUT2D eigenvalue weighted by Gasteiger charge is -2.04. The van der Waals surface area contributed by atoms with Crippen LogP contribution in [0.15, 0.2) is 41.8 Å². The second-order valence-corrected chi connectivity index (χ2v) is 4.97. The van der Waals surface area contributed by atoms with Gasteiger partial charge in [-0.25, -0.2) is 0 Å². The van der Waals surface area contributed by atoms with Gasteiger partial charge in [-0.05, 0) is 29.9 Å². The van der Waals surface area contributed by atoms with E-state index in [1.54, 1.807) is 6.07 Å². The highest BCUT2D eigenvalue weighted by atomic mass is 32.1. The van der Waals surface area contributed by atoms with Gasteiger partial charge >= 0.3 is 0 Å². The predicted octanol–water partition coefficient (Wildman–Crippen LogP) is 2.69. The molecule has 18 heavy (non-hydrogen) atoms. The van der Waals surface area contributed by atoms with Crippen LogP contribution in [0.25, 0.3) is 0 Å². The molecule has 1 amide bonds. The molecule has 0 fully saturated rings. The van der Waals surface area contributed by atoms with E-state index in [2.05, 4.69) is 17.4 Å². The van der Waals surface area contributed by atoms with Crippen LogP contribution >= 0.6 is 11.3 Å². The van der Waals surface area contributed by atoms with E-state index in [1.165, 1.54) is 16.9 Å². The van der Waals surface area contributed by atoms with E-state index >= 15 is 0 Å². The Morgan fingerprint density at radius 3 is 2.67 bits per heavy atom. The van der Waals surface area contributed by atoms with Crippen molar-refractivity contribution in [1.82, 2.24) is 5.32 Å². The van der Waals surface area contributed by atoms with Crippen LogP contribution in [0.4, 0.5) is 5.69 Å². The lowest BCUT2D eigenvalue weighted by molar-refractivity contribution is 0.0958. The third-order valence-electron chi connectivity index (χ3n) is 2.67. The number of carbonyl (C=O) groups is 1. The number of hydrogen-bond acceptors (Lipinski definition) is 3. The van der Waals surface area contributed by atoms with Gasteiger partial charge in [0.1, 0.15) is 4.88 Å². The van der Waals surface area contributed by atoms with E-state index in [9.17, 15) is 4.79 Å². The van der Waals surface area contributed by atoms with Gasteiger partial charge in [-0.2, -0.15) is 0 Å². The Bertz CT molecular complexity index is 508. The summed E-state index contributed by atoms with van der Waals surface area (Å²) in [6.07, 6.45) is 1.90. The number of thiophene rings is 1. The SMILES string of the molecule is Nc1ccsc1C(=O)NCCCc1ccccc1. The van der Waals surface area contributed by atoms with Gasteiger partial charge in [-0.1, -0.05) is 30.3 Å². The Balaban J connectivity index is 1.73. The van der Waals surface area contributed by atoms with Crippen LogP contribution in [-0.2, 0) is 6.42 Å². The quantitative estimate of drug-likeness (QED) is 0.812. The molecule has 4 heteroatoms. The average molecular weight is 260 g/mol. The van der Waals surface area contributed by atoms with Gasteiger partial charge in [0, 0.05) is 6.54 Å². The van der Waals surface area contributed by atoms with Gasteiger partial charge < -0.3 is 11.1 Å². The first-order valence-electron chi connectivity index (χ1n) is 5.92. The number of nitrogens with two attached hydrogens (primary N) is 1. The molecule has 0 saturated heterocycles. The zero-order valence-corrected chi connectivity index (χ0v) is 10.9. The zero-order chi connectivity index (χ0) is 12.8. The molecule has 1 aromatic carbocycles. The fraction of sp³-hybridized carbons (Fsp3) is 0.214. The van der Waals surface area contributed by atoms with Crippen molar-refractivity contribution in [3.8, 4) is 0 Å². The van der Waals surface area contributed by atoms with Crippen molar-refractivity contribution < 1.29 is 4.79 Å². The summed E-state index contributed by atoms with van der Waals surface area (Å²) in [5.74, 6) is -0.0736. The second-order valence-electron chi connectivity index (χ2n) is 4.05. The first kappa shape index (κ1) is 12.6. The van der Waals surface area contributed by atoms with Crippen molar-refractivity contribution in [2.45, 2.75) is 12.8 Å². The molecule has 0 bridgehead atoms. The van der Waals surface area contributed by atoms with E-state index in [-0.39, 0.29) is 5.91 Å². The molecule has 0 aliphatic rings. The maximum absolute atomic E-state index is 11.8. The second kappa shape index (κ2) is 6.21. The van der Waals surface area contributed by atoms with Crippen LogP contribution in [0.2, 0.25) is 0 Å². The molecule has 0 atom stereocenters. The molecule has 0 aliphatic heterocycles. The predicted molar refractivity (Wildman–Crippen MR) is 75.8 cm³/mol. The summed E-state index contributed by atoms with van der Waals surface area (Å²) in [5.41, 5.74) is 7.54. The highest BCUT2D eigenvalue weighted by Crippen LogP contribution is 2.18. The van der Waals surface area contributed by atoms with Gasteiger partial charge in [0.2, 0.25) is 0 Å². The smallest absolute Gasteiger partial charge is 0.263 e. The summed E-state index contributed by atoms with van der Waals surface area (Å²) in [7, 11) is 0. The first-order valence-corrected chi connectivity index (χ1v) is 6.80. The van der Waals surface area contributed by atoms with Gasteiger partial charge in [0.05, 0.1) is 5.69 Å². The van der Waals surface area contributed by atoms with Crippen molar-refractivity contribution in [2.24, 2.45) is 0 Å². The van der Waals surface area contributed by atoms with Crippen molar-refractivity contribution in [3.63, 3.8) is 0 Å². The fourth-order valence-corrected chi connectivity index (χ4v) is 2.46. The lowest BCUT2D eigenvalue weighted by Crippen LogP contribution is -2.24. The molecule has 0 unspecified atom stereocenters.